The minimum absolute atomic E-state index is 0.280. The molecule has 1 amide bonds. The van der Waals surface area contributed by atoms with Gasteiger partial charge in [-0.25, -0.2) is 0 Å². The molecule has 1 N–H and O–H groups in total. The number of aryl methyl sites for hydroxylation is 1. The summed E-state index contributed by atoms with van der Waals surface area (Å²) in [4.78, 5) is 14.3. The van der Waals surface area contributed by atoms with E-state index < -0.39 is 0 Å². The quantitative estimate of drug-likeness (QED) is 0.840. The van der Waals surface area contributed by atoms with Gasteiger partial charge in [0, 0.05) is 32.6 Å². The molecule has 1 aromatic rings. The summed E-state index contributed by atoms with van der Waals surface area (Å²) in [6, 6.07) is 6.35. The highest BCUT2D eigenvalue weighted by atomic mass is 16.5. The van der Waals surface area contributed by atoms with Gasteiger partial charge in [0.1, 0.15) is 5.75 Å². The van der Waals surface area contributed by atoms with E-state index in [4.69, 9.17) is 4.74 Å². The molecule has 23 heavy (non-hydrogen) atoms. The fourth-order valence-electron chi connectivity index (χ4n) is 2.96. The Kier molecular flexibility index (Phi) is 6.90. The zero-order valence-corrected chi connectivity index (χ0v) is 14.7. The van der Waals surface area contributed by atoms with Crippen LogP contribution in [0.1, 0.15) is 50.2 Å². The van der Waals surface area contributed by atoms with Crippen molar-refractivity contribution in [1.82, 2.24) is 10.2 Å². The number of ether oxygens (including phenoxy) is 1. The SMILES string of the molecule is CCCOc1ccc(C)cc1C(C)CCC(=O)N1CCNCC1. The van der Waals surface area contributed by atoms with Crippen molar-refractivity contribution in [2.45, 2.75) is 46.0 Å². The normalized spacial score (nSPS) is 16.2. The minimum atomic E-state index is 0.280. The van der Waals surface area contributed by atoms with E-state index in [1.807, 2.05) is 4.90 Å². The van der Waals surface area contributed by atoms with Crippen LogP contribution in [0.25, 0.3) is 0 Å². The molecule has 0 bridgehead atoms. The number of piperazine rings is 1. The number of benzene rings is 1. The molecule has 1 aliphatic rings. The lowest BCUT2D eigenvalue weighted by Crippen LogP contribution is -2.46. The number of hydrogen-bond donors (Lipinski definition) is 1. The molecule has 1 aliphatic heterocycles. The molecule has 1 atom stereocenters. The summed E-state index contributed by atoms with van der Waals surface area (Å²) in [6.45, 7) is 10.6. The summed E-state index contributed by atoms with van der Waals surface area (Å²) < 4.78 is 5.88. The van der Waals surface area contributed by atoms with Crippen LogP contribution in [0.15, 0.2) is 18.2 Å². The van der Waals surface area contributed by atoms with Gasteiger partial charge in [-0.2, -0.15) is 0 Å². The molecular formula is C19H30N2O2. The number of nitrogens with one attached hydrogen (secondary N) is 1. The maximum atomic E-state index is 12.3. The first-order valence-corrected chi connectivity index (χ1v) is 8.83. The van der Waals surface area contributed by atoms with Crippen LogP contribution in [0.2, 0.25) is 0 Å². The van der Waals surface area contributed by atoms with Crippen molar-refractivity contribution in [3.8, 4) is 5.75 Å². The number of carbonyl (C=O) groups excluding carboxylic acids is 1. The van der Waals surface area contributed by atoms with E-state index in [1.54, 1.807) is 0 Å². The molecule has 1 saturated heterocycles. The van der Waals surface area contributed by atoms with Crippen molar-refractivity contribution in [3.63, 3.8) is 0 Å². The Hall–Kier alpha value is -1.55. The van der Waals surface area contributed by atoms with Gasteiger partial charge >= 0.3 is 0 Å². The summed E-state index contributed by atoms with van der Waals surface area (Å²) in [5.74, 6) is 1.58. The van der Waals surface area contributed by atoms with Crippen LogP contribution in [0.4, 0.5) is 0 Å². The molecule has 0 saturated carbocycles. The van der Waals surface area contributed by atoms with Gasteiger partial charge in [0.05, 0.1) is 6.61 Å². The lowest BCUT2D eigenvalue weighted by atomic mass is 9.93. The fourth-order valence-corrected chi connectivity index (χ4v) is 2.96. The van der Waals surface area contributed by atoms with Crippen molar-refractivity contribution >= 4 is 5.91 Å². The van der Waals surface area contributed by atoms with Gasteiger partial charge in [-0.3, -0.25) is 4.79 Å². The minimum Gasteiger partial charge on any atom is -0.493 e. The van der Waals surface area contributed by atoms with Gasteiger partial charge in [0.2, 0.25) is 5.91 Å². The van der Waals surface area contributed by atoms with Crippen molar-refractivity contribution in [2.24, 2.45) is 0 Å². The molecule has 2 rings (SSSR count). The van der Waals surface area contributed by atoms with Crippen LogP contribution in [-0.2, 0) is 4.79 Å². The van der Waals surface area contributed by atoms with Crippen molar-refractivity contribution in [2.75, 3.05) is 32.8 Å². The highest BCUT2D eigenvalue weighted by molar-refractivity contribution is 5.76. The topological polar surface area (TPSA) is 41.6 Å². The van der Waals surface area contributed by atoms with Crippen LogP contribution >= 0.6 is 0 Å². The predicted octanol–water partition coefficient (Wildman–Crippen LogP) is 3.10. The van der Waals surface area contributed by atoms with E-state index in [2.05, 4.69) is 44.3 Å². The Balaban J connectivity index is 1.95. The smallest absolute Gasteiger partial charge is 0.222 e. The highest BCUT2D eigenvalue weighted by Crippen LogP contribution is 2.31. The van der Waals surface area contributed by atoms with Gasteiger partial charge < -0.3 is 15.0 Å². The molecular weight excluding hydrogens is 288 g/mol. The summed E-state index contributed by atoms with van der Waals surface area (Å²) in [5.41, 5.74) is 2.47. The van der Waals surface area contributed by atoms with Crippen LogP contribution in [0.3, 0.4) is 0 Å². The van der Waals surface area contributed by atoms with Crippen molar-refractivity contribution < 1.29 is 9.53 Å². The molecule has 1 unspecified atom stereocenters. The molecule has 4 nitrogen and oxygen atoms in total. The van der Waals surface area contributed by atoms with Crippen LogP contribution in [-0.4, -0.2) is 43.6 Å². The van der Waals surface area contributed by atoms with Gasteiger partial charge in [-0.05, 0) is 37.3 Å². The van der Waals surface area contributed by atoms with Crippen molar-refractivity contribution in [1.29, 1.82) is 0 Å². The molecule has 0 aliphatic carbocycles. The van der Waals surface area contributed by atoms with Gasteiger partial charge in [-0.15, -0.1) is 0 Å². The van der Waals surface area contributed by atoms with Gasteiger partial charge in [-0.1, -0.05) is 31.5 Å². The third kappa shape index (κ3) is 5.24. The first kappa shape index (κ1) is 17.8. The lowest BCUT2D eigenvalue weighted by molar-refractivity contribution is -0.131. The van der Waals surface area contributed by atoms with E-state index in [-0.39, 0.29) is 5.91 Å². The van der Waals surface area contributed by atoms with Gasteiger partial charge in [0.15, 0.2) is 0 Å². The molecule has 4 heteroatoms. The molecule has 1 heterocycles. The predicted molar refractivity (Wildman–Crippen MR) is 94.1 cm³/mol. The number of carbonyl (C=O) groups is 1. The third-order valence-electron chi connectivity index (χ3n) is 4.42. The van der Waals surface area contributed by atoms with Crippen LogP contribution < -0.4 is 10.1 Å². The number of hydrogen-bond acceptors (Lipinski definition) is 3. The average Bonchev–Trinajstić information content (AvgIpc) is 2.59. The van der Waals surface area contributed by atoms with E-state index in [0.29, 0.717) is 12.3 Å². The summed E-state index contributed by atoms with van der Waals surface area (Å²) >= 11 is 0. The highest BCUT2D eigenvalue weighted by Gasteiger charge is 2.18. The molecule has 128 valence electrons. The molecule has 0 aromatic heterocycles. The van der Waals surface area contributed by atoms with E-state index in [0.717, 1.165) is 51.4 Å². The maximum Gasteiger partial charge on any atom is 0.222 e. The second kappa shape index (κ2) is 8.92. The van der Waals surface area contributed by atoms with E-state index in [1.165, 1.54) is 11.1 Å². The monoisotopic (exact) mass is 318 g/mol. The third-order valence-corrected chi connectivity index (χ3v) is 4.42. The Bertz CT molecular complexity index is 510. The Morgan fingerprint density at radius 2 is 2.09 bits per heavy atom. The lowest BCUT2D eigenvalue weighted by Gasteiger charge is -2.28. The largest absolute Gasteiger partial charge is 0.493 e. The van der Waals surface area contributed by atoms with Crippen molar-refractivity contribution in [3.05, 3.63) is 29.3 Å². The van der Waals surface area contributed by atoms with Crippen LogP contribution in [0, 0.1) is 6.92 Å². The first-order valence-electron chi connectivity index (χ1n) is 8.83. The molecule has 1 aromatic carbocycles. The van der Waals surface area contributed by atoms with Gasteiger partial charge in [0.25, 0.3) is 0 Å². The fraction of sp³-hybridized carbons (Fsp3) is 0.632. The van der Waals surface area contributed by atoms with E-state index >= 15 is 0 Å². The Labute approximate surface area is 140 Å². The molecule has 0 spiro atoms. The van der Waals surface area contributed by atoms with E-state index in [9.17, 15) is 4.79 Å². The zero-order chi connectivity index (χ0) is 16.7. The standard InChI is InChI=1S/C19H30N2O2/c1-4-13-23-18-7-5-15(2)14-17(18)16(3)6-8-19(22)21-11-9-20-10-12-21/h5,7,14,16,20H,4,6,8-13H2,1-3H3. The second-order valence-electron chi connectivity index (χ2n) is 6.46. The number of rotatable bonds is 7. The molecule has 1 fully saturated rings. The summed E-state index contributed by atoms with van der Waals surface area (Å²) in [7, 11) is 0. The molecule has 0 radical (unpaired) electrons. The number of amides is 1. The summed E-state index contributed by atoms with van der Waals surface area (Å²) in [6.07, 6.45) is 2.49. The average molecular weight is 318 g/mol. The zero-order valence-electron chi connectivity index (χ0n) is 14.7. The Morgan fingerprint density at radius 3 is 2.78 bits per heavy atom. The Morgan fingerprint density at radius 1 is 1.35 bits per heavy atom. The maximum absolute atomic E-state index is 12.3. The van der Waals surface area contributed by atoms with Crippen LogP contribution in [0.5, 0.6) is 5.75 Å². The first-order chi connectivity index (χ1) is 11.1. The summed E-state index contributed by atoms with van der Waals surface area (Å²) in [5, 5.41) is 3.28. The second-order valence-corrected chi connectivity index (χ2v) is 6.46. The number of nitrogens with zero attached hydrogens (tertiary/aromatic N) is 1.